The molecule has 1 amide bonds. The summed E-state index contributed by atoms with van der Waals surface area (Å²) in [4.78, 5) is 13.7. The fraction of sp³-hybridized carbons (Fsp3) is 0.741. The highest BCUT2D eigenvalue weighted by Crippen LogP contribution is 2.51. The van der Waals surface area contributed by atoms with Gasteiger partial charge in [0.2, 0.25) is 0 Å². The van der Waals surface area contributed by atoms with Gasteiger partial charge in [-0.3, -0.25) is 4.79 Å². The zero-order valence-electron chi connectivity index (χ0n) is 20.7. The maximum Gasteiger partial charge on any atom is 0.256 e. The average molecular weight is 488 g/mol. The maximum atomic E-state index is 13.7. The van der Waals surface area contributed by atoms with Crippen LogP contribution in [0.3, 0.4) is 0 Å². The van der Waals surface area contributed by atoms with Gasteiger partial charge in [-0.25, -0.2) is 0 Å². The van der Waals surface area contributed by atoms with Gasteiger partial charge in [-0.2, -0.15) is 0 Å². The Hall–Kier alpha value is -1.71. The molecule has 6 rings (SSSR count). The van der Waals surface area contributed by atoms with Gasteiger partial charge in [-0.15, -0.1) is 0 Å². The first-order valence-corrected chi connectivity index (χ1v) is 13.4. The number of rotatable bonds is 4. The van der Waals surface area contributed by atoms with Gasteiger partial charge in [0.05, 0.1) is 11.8 Å². The summed E-state index contributed by atoms with van der Waals surface area (Å²) in [6.07, 6.45) is 6.97. The molecule has 8 nitrogen and oxygen atoms in total. The Morgan fingerprint density at radius 1 is 0.857 bits per heavy atom. The predicted octanol–water partition coefficient (Wildman–Crippen LogP) is 4.66. The molecule has 8 heteroatoms. The van der Waals surface area contributed by atoms with Crippen molar-refractivity contribution in [3.63, 3.8) is 0 Å². The average Bonchev–Trinajstić information content (AvgIpc) is 3.38. The van der Waals surface area contributed by atoms with Gasteiger partial charge in [0, 0.05) is 25.7 Å². The molecule has 1 N–H and O–H groups in total. The van der Waals surface area contributed by atoms with Crippen LogP contribution in [0.25, 0.3) is 0 Å². The van der Waals surface area contributed by atoms with Crippen molar-refractivity contribution in [3.05, 3.63) is 24.3 Å². The number of benzene rings is 1. The molecule has 35 heavy (non-hydrogen) atoms. The van der Waals surface area contributed by atoms with Crippen LogP contribution in [0.15, 0.2) is 24.3 Å². The van der Waals surface area contributed by atoms with Crippen LogP contribution in [0.5, 0.6) is 5.75 Å². The lowest BCUT2D eigenvalue weighted by molar-refractivity contribution is -0.246. The van der Waals surface area contributed by atoms with Gasteiger partial charge >= 0.3 is 0 Å². The van der Waals surface area contributed by atoms with E-state index in [4.69, 9.17) is 28.4 Å². The number of carbonyl (C=O) groups is 1. The van der Waals surface area contributed by atoms with E-state index in [0.717, 1.165) is 51.4 Å². The number of carbonyl (C=O) groups excluding carboxylic acids is 1. The van der Waals surface area contributed by atoms with E-state index in [1.165, 1.54) is 12.8 Å². The van der Waals surface area contributed by atoms with Crippen molar-refractivity contribution in [1.29, 1.82) is 0 Å². The van der Waals surface area contributed by atoms with E-state index in [1.807, 2.05) is 38.1 Å². The van der Waals surface area contributed by atoms with Crippen molar-refractivity contribution in [1.82, 2.24) is 0 Å². The normalized spacial score (nSPS) is 35.1. The highest BCUT2D eigenvalue weighted by molar-refractivity contribution is 5.96. The van der Waals surface area contributed by atoms with E-state index in [0.29, 0.717) is 11.4 Å². The third kappa shape index (κ3) is 4.48. The first-order chi connectivity index (χ1) is 17.0. The summed E-state index contributed by atoms with van der Waals surface area (Å²) in [6.45, 7) is 3.92. The number of ether oxygens (including phenoxy) is 6. The van der Waals surface area contributed by atoms with Crippen molar-refractivity contribution in [3.8, 4) is 5.75 Å². The Kier molecular flexibility index (Phi) is 6.29. The number of nitrogens with one attached hydrogen (secondary N) is 1. The van der Waals surface area contributed by atoms with Crippen LogP contribution in [-0.2, 0) is 28.5 Å². The van der Waals surface area contributed by atoms with Crippen LogP contribution >= 0.6 is 0 Å². The highest BCUT2D eigenvalue weighted by atomic mass is 16.9. The fourth-order valence-electron chi connectivity index (χ4n) is 6.30. The molecular weight excluding hydrogens is 450 g/mol. The smallest absolute Gasteiger partial charge is 0.256 e. The maximum absolute atomic E-state index is 13.7. The number of hydrogen-bond donors (Lipinski definition) is 1. The van der Waals surface area contributed by atoms with Gasteiger partial charge in [0.15, 0.2) is 24.0 Å². The minimum atomic E-state index is -0.878. The first-order valence-electron chi connectivity index (χ1n) is 13.4. The zero-order valence-corrected chi connectivity index (χ0v) is 20.7. The lowest BCUT2D eigenvalue weighted by Gasteiger charge is -2.36. The Morgan fingerprint density at radius 2 is 1.46 bits per heavy atom. The van der Waals surface area contributed by atoms with Crippen LogP contribution in [0.2, 0.25) is 0 Å². The van der Waals surface area contributed by atoms with Crippen LogP contribution in [0, 0.1) is 0 Å². The monoisotopic (exact) mass is 487 g/mol. The summed E-state index contributed by atoms with van der Waals surface area (Å²) in [7, 11) is 0. The molecule has 0 bridgehead atoms. The molecule has 3 saturated heterocycles. The van der Waals surface area contributed by atoms with E-state index in [2.05, 4.69) is 5.32 Å². The standard InChI is InChI=1S/C27H37NO7/c1-17(2)30-19-12-6-5-11-18(19)28-24(29)22-20-21(33-26(32-20)13-7-3-8-14-26)23-25(31-22)35-27(34-23)15-9-4-10-16-27/h5-6,11-12,17,20-23,25H,3-4,7-10,13-16H2,1-2H3,(H,28,29)/t20-,21+,22-,23-,25-/m1/s1. The van der Waals surface area contributed by atoms with E-state index in [-0.39, 0.29) is 12.0 Å². The second kappa shape index (κ2) is 9.30. The Balaban J connectivity index is 1.26. The van der Waals surface area contributed by atoms with Gasteiger partial charge in [0.25, 0.3) is 5.91 Å². The molecule has 5 atom stereocenters. The predicted molar refractivity (Wildman–Crippen MR) is 127 cm³/mol. The summed E-state index contributed by atoms with van der Waals surface area (Å²) >= 11 is 0. The van der Waals surface area contributed by atoms with E-state index in [9.17, 15) is 4.79 Å². The second-order valence-electron chi connectivity index (χ2n) is 10.9. The summed E-state index contributed by atoms with van der Waals surface area (Å²) < 4.78 is 38.4. The minimum Gasteiger partial charge on any atom is -0.489 e. The zero-order chi connectivity index (χ0) is 24.0. The van der Waals surface area contributed by atoms with Crippen molar-refractivity contribution < 1.29 is 33.2 Å². The lowest BCUT2D eigenvalue weighted by Crippen LogP contribution is -2.58. The molecule has 3 heterocycles. The van der Waals surface area contributed by atoms with Crippen LogP contribution in [-0.4, -0.2) is 54.3 Å². The van der Waals surface area contributed by atoms with Crippen LogP contribution in [0.1, 0.15) is 78.1 Å². The topological polar surface area (TPSA) is 84.5 Å². The van der Waals surface area contributed by atoms with Crippen molar-refractivity contribution in [2.75, 3.05) is 5.32 Å². The first kappa shape index (κ1) is 23.7. The van der Waals surface area contributed by atoms with E-state index >= 15 is 0 Å². The second-order valence-corrected chi connectivity index (χ2v) is 10.9. The van der Waals surface area contributed by atoms with Gasteiger partial charge in [-0.1, -0.05) is 25.0 Å². The summed E-state index contributed by atoms with van der Waals surface area (Å²) in [6, 6.07) is 7.44. The van der Waals surface area contributed by atoms with Crippen LogP contribution in [0.4, 0.5) is 5.69 Å². The van der Waals surface area contributed by atoms with E-state index < -0.39 is 42.3 Å². The Labute approximate surface area is 206 Å². The van der Waals surface area contributed by atoms with Crippen LogP contribution < -0.4 is 10.1 Å². The molecule has 2 saturated carbocycles. The number of hydrogen-bond acceptors (Lipinski definition) is 7. The largest absolute Gasteiger partial charge is 0.489 e. The molecule has 0 radical (unpaired) electrons. The number of para-hydroxylation sites is 2. The lowest BCUT2D eigenvalue weighted by atomic mass is 9.94. The number of amides is 1. The minimum absolute atomic E-state index is 0.0161. The molecule has 0 aromatic heterocycles. The number of anilines is 1. The van der Waals surface area contributed by atoms with Gasteiger partial charge in [-0.05, 0) is 51.7 Å². The molecule has 5 fully saturated rings. The van der Waals surface area contributed by atoms with Crippen molar-refractivity contribution >= 4 is 11.6 Å². The van der Waals surface area contributed by atoms with Crippen molar-refractivity contribution in [2.45, 2.75) is 126 Å². The molecule has 0 unspecified atom stereocenters. The van der Waals surface area contributed by atoms with Crippen molar-refractivity contribution in [2.24, 2.45) is 0 Å². The SMILES string of the molecule is CC(C)Oc1ccccc1NC(=O)[C@@H]1O[C@@H]2OC3(CCCCC3)O[C@@H]2[C@H]2OC3(CCCCC3)O[C@H]21. The summed E-state index contributed by atoms with van der Waals surface area (Å²) in [5, 5.41) is 3.02. The number of fused-ring (bicyclic) bond motifs is 3. The molecule has 2 aliphatic carbocycles. The quantitative estimate of drug-likeness (QED) is 0.661. The van der Waals surface area contributed by atoms with Gasteiger partial charge < -0.3 is 33.7 Å². The summed E-state index contributed by atoms with van der Waals surface area (Å²) in [5.74, 6) is -0.986. The fourth-order valence-corrected chi connectivity index (χ4v) is 6.30. The molecule has 5 aliphatic rings. The van der Waals surface area contributed by atoms with Gasteiger partial charge in [0.1, 0.15) is 24.1 Å². The molecule has 1 aromatic rings. The molecular formula is C27H37NO7. The summed E-state index contributed by atoms with van der Waals surface area (Å²) in [5.41, 5.74) is 0.604. The van der Waals surface area contributed by atoms with E-state index in [1.54, 1.807) is 0 Å². The Bertz CT molecular complexity index is 924. The molecule has 192 valence electrons. The third-order valence-corrected chi connectivity index (χ3v) is 7.88. The molecule has 3 aliphatic heterocycles. The Morgan fingerprint density at radius 3 is 2.14 bits per heavy atom. The highest BCUT2D eigenvalue weighted by Gasteiger charge is 2.65. The molecule has 1 aromatic carbocycles. The third-order valence-electron chi connectivity index (χ3n) is 7.88. The molecule has 2 spiro atoms.